The summed E-state index contributed by atoms with van der Waals surface area (Å²) in [5, 5.41) is 9.84. The highest BCUT2D eigenvalue weighted by Crippen LogP contribution is 2.39. The molecule has 2 rings (SSSR count). The van der Waals surface area contributed by atoms with Gasteiger partial charge < -0.3 is 5.11 Å². The Kier molecular flexibility index (Phi) is 3.88. The van der Waals surface area contributed by atoms with Crippen LogP contribution in [0.4, 0.5) is 0 Å². The largest absolute Gasteiger partial charge is 0.393 e. The van der Waals surface area contributed by atoms with E-state index in [0.717, 1.165) is 19.3 Å². The summed E-state index contributed by atoms with van der Waals surface area (Å²) in [6.07, 6.45) is 3.14. The van der Waals surface area contributed by atoms with Crippen molar-refractivity contribution < 1.29 is 5.11 Å². The number of rotatable bonds is 3. The maximum Gasteiger partial charge on any atom is 0.0571 e. The molecule has 1 saturated carbocycles. The summed E-state index contributed by atoms with van der Waals surface area (Å²) >= 11 is 0. The van der Waals surface area contributed by atoms with E-state index < -0.39 is 0 Å². The summed E-state index contributed by atoms with van der Waals surface area (Å²) in [5.74, 6) is 1.67. The van der Waals surface area contributed by atoms with Gasteiger partial charge in [0.2, 0.25) is 0 Å². The van der Waals surface area contributed by atoms with E-state index in [9.17, 15) is 5.11 Å². The fourth-order valence-corrected chi connectivity index (χ4v) is 3.04. The summed E-state index contributed by atoms with van der Waals surface area (Å²) in [6.45, 7) is 6.70. The highest BCUT2D eigenvalue weighted by molar-refractivity contribution is 5.28. The molecule has 1 aromatic carbocycles. The normalized spacial score (nSPS) is 28.9. The van der Waals surface area contributed by atoms with E-state index in [0.29, 0.717) is 17.8 Å². The van der Waals surface area contributed by atoms with Gasteiger partial charge in [0.05, 0.1) is 6.10 Å². The number of aliphatic hydroxyl groups excluding tert-OH is 1. The molecule has 0 amide bonds. The maximum absolute atomic E-state index is 9.84. The van der Waals surface area contributed by atoms with Crippen LogP contribution in [0.25, 0.3) is 0 Å². The van der Waals surface area contributed by atoms with Gasteiger partial charge in [-0.2, -0.15) is 0 Å². The minimum atomic E-state index is -0.103. The van der Waals surface area contributed by atoms with Gasteiger partial charge >= 0.3 is 0 Å². The number of benzene rings is 1. The van der Waals surface area contributed by atoms with Crippen molar-refractivity contribution in [1.29, 1.82) is 0 Å². The van der Waals surface area contributed by atoms with Crippen molar-refractivity contribution in [2.24, 2.45) is 11.8 Å². The Labute approximate surface area is 105 Å². The van der Waals surface area contributed by atoms with Gasteiger partial charge in [0.1, 0.15) is 0 Å². The van der Waals surface area contributed by atoms with Gasteiger partial charge in [0.15, 0.2) is 0 Å². The van der Waals surface area contributed by atoms with E-state index in [4.69, 9.17) is 0 Å². The Morgan fingerprint density at radius 1 is 1.29 bits per heavy atom. The quantitative estimate of drug-likeness (QED) is 0.841. The Bertz CT molecular complexity index is 370. The molecule has 1 aliphatic rings. The van der Waals surface area contributed by atoms with Crippen molar-refractivity contribution in [3.8, 4) is 0 Å². The van der Waals surface area contributed by atoms with E-state index in [1.807, 2.05) is 0 Å². The lowest BCUT2D eigenvalue weighted by molar-refractivity contribution is 0.136. The average molecular weight is 232 g/mol. The predicted molar refractivity (Wildman–Crippen MR) is 72.1 cm³/mol. The van der Waals surface area contributed by atoms with Crippen molar-refractivity contribution in [1.82, 2.24) is 0 Å². The summed E-state index contributed by atoms with van der Waals surface area (Å²) in [5.41, 5.74) is 2.86. The van der Waals surface area contributed by atoms with Gasteiger partial charge in [0, 0.05) is 0 Å². The van der Waals surface area contributed by atoms with Gasteiger partial charge in [-0.25, -0.2) is 0 Å². The fourth-order valence-electron chi connectivity index (χ4n) is 3.04. The molecule has 17 heavy (non-hydrogen) atoms. The van der Waals surface area contributed by atoms with Crippen LogP contribution >= 0.6 is 0 Å². The summed E-state index contributed by atoms with van der Waals surface area (Å²) in [6, 6.07) is 8.96. The highest BCUT2D eigenvalue weighted by Gasteiger charge is 2.32. The molecule has 0 radical (unpaired) electrons. The monoisotopic (exact) mass is 232 g/mol. The standard InChI is InChI=1S/C16H24O/c1-11(2)9-13-5-4-6-14(10-13)15-7-8-16(17)12(15)3/h4-6,10-12,15-17H,7-9H2,1-3H3. The highest BCUT2D eigenvalue weighted by atomic mass is 16.3. The summed E-state index contributed by atoms with van der Waals surface area (Å²) in [7, 11) is 0. The van der Waals surface area contributed by atoms with Crippen LogP contribution in [-0.2, 0) is 6.42 Å². The van der Waals surface area contributed by atoms with Gasteiger partial charge in [-0.15, -0.1) is 0 Å². The molecule has 0 spiro atoms. The molecule has 3 atom stereocenters. The van der Waals surface area contributed by atoms with Crippen LogP contribution in [-0.4, -0.2) is 11.2 Å². The molecule has 1 heteroatoms. The smallest absolute Gasteiger partial charge is 0.0571 e. The van der Waals surface area contributed by atoms with Crippen LogP contribution in [0.3, 0.4) is 0 Å². The Hall–Kier alpha value is -0.820. The zero-order valence-electron chi connectivity index (χ0n) is 11.2. The van der Waals surface area contributed by atoms with Gasteiger partial charge in [-0.1, -0.05) is 45.0 Å². The Balaban J connectivity index is 2.16. The molecule has 94 valence electrons. The van der Waals surface area contributed by atoms with Crippen LogP contribution in [0.5, 0.6) is 0 Å². The van der Waals surface area contributed by atoms with Crippen molar-refractivity contribution in [3.05, 3.63) is 35.4 Å². The second kappa shape index (κ2) is 5.22. The van der Waals surface area contributed by atoms with Crippen molar-refractivity contribution in [2.75, 3.05) is 0 Å². The molecule has 1 aromatic rings. The molecule has 0 heterocycles. The SMILES string of the molecule is CC(C)Cc1cccc(C2CCC(O)C2C)c1. The van der Waals surface area contributed by atoms with Gasteiger partial charge in [-0.3, -0.25) is 0 Å². The molecular formula is C16H24O. The first-order valence-corrected chi connectivity index (χ1v) is 6.85. The first-order chi connectivity index (χ1) is 8.08. The molecule has 3 unspecified atom stereocenters. The zero-order chi connectivity index (χ0) is 12.4. The number of hydrogen-bond donors (Lipinski definition) is 1. The van der Waals surface area contributed by atoms with Gasteiger partial charge in [-0.05, 0) is 48.1 Å². The minimum Gasteiger partial charge on any atom is -0.393 e. The Morgan fingerprint density at radius 3 is 2.65 bits per heavy atom. The van der Waals surface area contributed by atoms with Crippen LogP contribution in [0, 0.1) is 11.8 Å². The minimum absolute atomic E-state index is 0.103. The average Bonchev–Trinajstić information content (AvgIpc) is 2.59. The van der Waals surface area contributed by atoms with Crippen molar-refractivity contribution in [2.45, 2.75) is 52.1 Å². The van der Waals surface area contributed by atoms with E-state index in [2.05, 4.69) is 45.0 Å². The molecule has 1 fully saturated rings. The predicted octanol–water partition coefficient (Wildman–Crippen LogP) is 3.76. The topological polar surface area (TPSA) is 20.2 Å². The van der Waals surface area contributed by atoms with E-state index >= 15 is 0 Å². The fraction of sp³-hybridized carbons (Fsp3) is 0.625. The maximum atomic E-state index is 9.84. The number of aliphatic hydroxyl groups is 1. The van der Waals surface area contributed by atoms with Crippen LogP contribution in [0.15, 0.2) is 24.3 Å². The molecular weight excluding hydrogens is 208 g/mol. The molecule has 0 bridgehead atoms. The summed E-state index contributed by atoms with van der Waals surface area (Å²) < 4.78 is 0. The molecule has 0 aromatic heterocycles. The molecule has 1 aliphatic carbocycles. The summed E-state index contributed by atoms with van der Waals surface area (Å²) in [4.78, 5) is 0. The first kappa shape index (κ1) is 12.6. The number of hydrogen-bond acceptors (Lipinski definition) is 1. The third-order valence-corrected chi connectivity index (χ3v) is 4.04. The van der Waals surface area contributed by atoms with Crippen LogP contribution in [0.2, 0.25) is 0 Å². The van der Waals surface area contributed by atoms with E-state index in [1.54, 1.807) is 0 Å². The Morgan fingerprint density at radius 2 is 2.06 bits per heavy atom. The molecule has 1 nitrogen and oxygen atoms in total. The molecule has 0 aliphatic heterocycles. The third kappa shape index (κ3) is 2.90. The van der Waals surface area contributed by atoms with E-state index in [1.165, 1.54) is 11.1 Å². The lowest BCUT2D eigenvalue weighted by Crippen LogP contribution is -2.14. The van der Waals surface area contributed by atoms with Crippen LogP contribution < -0.4 is 0 Å². The van der Waals surface area contributed by atoms with E-state index in [-0.39, 0.29) is 6.10 Å². The first-order valence-electron chi connectivity index (χ1n) is 6.85. The van der Waals surface area contributed by atoms with Crippen molar-refractivity contribution >= 4 is 0 Å². The molecule has 1 N–H and O–H groups in total. The van der Waals surface area contributed by atoms with Crippen molar-refractivity contribution in [3.63, 3.8) is 0 Å². The van der Waals surface area contributed by atoms with Gasteiger partial charge in [0.25, 0.3) is 0 Å². The third-order valence-electron chi connectivity index (χ3n) is 4.04. The lowest BCUT2D eigenvalue weighted by atomic mass is 9.88. The lowest BCUT2D eigenvalue weighted by Gasteiger charge is -2.19. The van der Waals surface area contributed by atoms with Crippen LogP contribution in [0.1, 0.15) is 50.7 Å². The second-order valence-corrected chi connectivity index (χ2v) is 5.95. The molecule has 0 saturated heterocycles. The second-order valence-electron chi connectivity index (χ2n) is 5.95. The zero-order valence-corrected chi connectivity index (χ0v) is 11.2.